The van der Waals surface area contributed by atoms with E-state index in [1.165, 1.54) is 0 Å². The summed E-state index contributed by atoms with van der Waals surface area (Å²) in [5.74, 6) is 0.393. The lowest BCUT2D eigenvalue weighted by Crippen LogP contribution is -2.18. The molecule has 0 spiro atoms. The van der Waals surface area contributed by atoms with E-state index in [4.69, 9.17) is 17.3 Å². The number of halogens is 1. The molecule has 94 valence electrons. The van der Waals surface area contributed by atoms with E-state index < -0.39 is 10.8 Å². The van der Waals surface area contributed by atoms with Crippen LogP contribution in [-0.2, 0) is 10.8 Å². The fraction of sp³-hybridized carbons (Fsp3) is 0.143. The van der Waals surface area contributed by atoms with Crippen molar-refractivity contribution in [2.75, 3.05) is 5.75 Å². The SMILES string of the molecule is NC(CS(=O)c1cccc(Cl)c1)c1ccccc1. The van der Waals surface area contributed by atoms with E-state index in [0.717, 1.165) is 5.56 Å². The highest BCUT2D eigenvalue weighted by Gasteiger charge is 2.12. The van der Waals surface area contributed by atoms with Gasteiger partial charge in [-0.2, -0.15) is 0 Å². The van der Waals surface area contributed by atoms with Crippen LogP contribution in [0.3, 0.4) is 0 Å². The van der Waals surface area contributed by atoms with Crippen LogP contribution in [0.5, 0.6) is 0 Å². The zero-order valence-corrected chi connectivity index (χ0v) is 11.3. The van der Waals surface area contributed by atoms with Crippen molar-refractivity contribution in [2.45, 2.75) is 10.9 Å². The van der Waals surface area contributed by atoms with Crippen LogP contribution < -0.4 is 5.73 Å². The third kappa shape index (κ3) is 3.42. The number of benzene rings is 2. The second-order valence-electron chi connectivity index (χ2n) is 3.99. The Morgan fingerprint density at radius 2 is 1.83 bits per heavy atom. The van der Waals surface area contributed by atoms with Gasteiger partial charge in [-0.3, -0.25) is 4.21 Å². The number of hydrogen-bond acceptors (Lipinski definition) is 2. The molecule has 2 aromatic rings. The van der Waals surface area contributed by atoms with Gasteiger partial charge in [-0.05, 0) is 23.8 Å². The molecular formula is C14H14ClNOS. The maximum atomic E-state index is 12.2. The highest BCUT2D eigenvalue weighted by molar-refractivity contribution is 7.85. The van der Waals surface area contributed by atoms with E-state index in [9.17, 15) is 4.21 Å². The summed E-state index contributed by atoms with van der Waals surface area (Å²) in [6, 6.07) is 16.5. The van der Waals surface area contributed by atoms with Gasteiger partial charge in [0.15, 0.2) is 0 Å². The highest BCUT2D eigenvalue weighted by Crippen LogP contribution is 2.18. The minimum Gasteiger partial charge on any atom is -0.323 e. The minimum absolute atomic E-state index is 0.231. The average molecular weight is 280 g/mol. The van der Waals surface area contributed by atoms with Gasteiger partial charge in [-0.15, -0.1) is 0 Å². The summed E-state index contributed by atoms with van der Waals surface area (Å²) in [7, 11) is -1.13. The summed E-state index contributed by atoms with van der Waals surface area (Å²) in [4.78, 5) is 0.717. The molecule has 0 saturated heterocycles. The lowest BCUT2D eigenvalue weighted by Gasteiger charge is -2.11. The van der Waals surface area contributed by atoms with Gasteiger partial charge in [-0.1, -0.05) is 48.0 Å². The summed E-state index contributed by atoms with van der Waals surface area (Å²) >= 11 is 5.88. The van der Waals surface area contributed by atoms with Gasteiger partial charge in [0.1, 0.15) is 0 Å². The van der Waals surface area contributed by atoms with E-state index in [1.54, 1.807) is 24.3 Å². The van der Waals surface area contributed by atoms with Crippen molar-refractivity contribution in [1.29, 1.82) is 0 Å². The standard InChI is InChI=1S/C14H14ClNOS/c15-12-7-4-8-13(9-12)18(17)10-14(16)11-5-2-1-3-6-11/h1-9,14H,10,16H2. The van der Waals surface area contributed by atoms with Crippen molar-refractivity contribution < 1.29 is 4.21 Å². The number of hydrogen-bond donors (Lipinski definition) is 1. The van der Waals surface area contributed by atoms with E-state index in [2.05, 4.69) is 0 Å². The Morgan fingerprint density at radius 3 is 2.50 bits per heavy atom. The van der Waals surface area contributed by atoms with Crippen LogP contribution in [0, 0.1) is 0 Å². The molecule has 0 aliphatic heterocycles. The maximum absolute atomic E-state index is 12.2. The molecule has 0 heterocycles. The lowest BCUT2D eigenvalue weighted by atomic mass is 10.1. The van der Waals surface area contributed by atoms with Gasteiger partial charge in [0.2, 0.25) is 0 Å². The molecule has 0 saturated carbocycles. The summed E-state index contributed by atoms with van der Waals surface area (Å²) in [6.45, 7) is 0. The Hall–Kier alpha value is -1.16. The smallest absolute Gasteiger partial charge is 0.0549 e. The summed E-state index contributed by atoms with van der Waals surface area (Å²) in [6.07, 6.45) is 0. The van der Waals surface area contributed by atoms with Gasteiger partial charge in [0.25, 0.3) is 0 Å². The first-order valence-electron chi connectivity index (χ1n) is 5.61. The van der Waals surface area contributed by atoms with Crippen LogP contribution in [-0.4, -0.2) is 9.96 Å². The van der Waals surface area contributed by atoms with Crippen LogP contribution in [0.15, 0.2) is 59.5 Å². The Kier molecular flexibility index (Phi) is 4.53. The third-order valence-corrected chi connectivity index (χ3v) is 4.29. The molecule has 0 aromatic heterocycles. The molecule has 2 nitrogen and oxygen atoms in total. The Balaban J connectivity index is 2.08. The average Bonchev–Trinajstić information content (AvgIpc) is 2.39. The van der Waals surface area contributed by atoms with E-state index in [-0.39, 0.29) is 6.04 Å². The Morgan fingerprint density at radius 1 is 1.11 bits per heavy atom. The molecule has 0 fully saturated rings. The summed E-state index contributed by atoms with van der Waals surface area (Å²) < 4.78 is 12.2. The molecule has 18 heavy (non-hydrogen) atoms. The molecule has 0 aliphatic rings. The van der Waals surface area contributed by atoms with Crippen molar-refractivity contribution in [3.05, 3.63) is 65.2 Å². The number of nitrogens with two attached hydrogens (primary N) is 1. The van der Waals surface area contributed by atoms with E-state index in [1.807, 2.05) is 30.3 Å². The van der Waals surface area contributed by atoms with E-state index in [0.29, 0.717) is 15.7 Å². The van der Waals surface area contributed by atoms with Gasteiger partial charge in [-0.25, -0.2) is 0 Å². The van der Waals surface area contributed by atoms with Crippen molar-refractivity contribution >= 4 is 22.4 Å². The van der Waals surface area contributed by atoms with Crippen LogP contribution >= 0.6 is 11.6 Å². The second kappa shape index (κ2) is 6.14. The second-order valence-corrected chi connectivity index (χ2v) is 5.92. The molecule has 0 bridgehead atoms. The van der Waals surface area contributed by atoms with Crippen molar-refractivity contribution in [1.82, 2.24) is 0 Å². The molecular weight excluding hydrogens is 266 g/mol. The molecule has 0 amide bonds. The van der Waals surface area contributed by atoms with Gasteiger partial charge >= 0.3 is 0 Å². The normalized spacial score (nSPS) is 14.1. The first-order chi connectivity index (χ1) is 8.66. The molecule has 4 heteroatoms. The fourth-order valence-electron chi connectivity index (χ4n) is 1.66. The van der Waals surface area contributed by atoms with Gasteiger partial charge < -0.3 is 5.73 Å². The number of rotatable bonds is 4. The molecule has 2 rings (SSSR count). The Bertz CT molecular complexity index is 545. The predicted molar refractivity (Wildman–Crippen MR) is 76.1 cm³/mol. The van der Waals surface area contributed by atoms with Crippen molar-refractivity contribution in [3.63, 3.8) is 0 Å². The molecule has 2 aromatic carbocycles. The van der Waals surface area contributed by atoms with Crippen LogP contribution in [0.25, 0.3) is 0 Å². The van der Waals surface area contributed by atoms with E-state index >= 15 is 0 Å². The summed E-state index contributed by atoms with van der Waals surface area (Å²) in [5, 5.41) is 0.592. The topological polar surface area (TPSA) is 43.1 Å². The molecule has 2 atom stereocenters. The fourth-order valence-corrected chi connectivity index (χ4v) is 3.12. The van der Waals surface area contributed by atoms with Crippen molar-refractivity contribution in [3.8, 4) is 0 Å². The zero-order valence-electron chi connectivity index (χ0n) is 9.75. The van der Waals surface area contributed by atoms with Crippen LogP contribution in [0.1, 0.15) is 11.6 Å². The molecule has 2 N–H and O–H groups in total. The maximum Gasteiger partial charge on any atom is 0.0549 e. The third-order valence-electron chi connectivity index (χ3n) is 2.62. The zero-order chi connectivity index (χ0) is 13.0. The molecule has 0 radical (unpaired) electrons. The highest BCUT2D eigenvalue weighted by atomic mass is 35.5. The largest absolute Gasteiger partial charge is 0.323 e. The minimum atomic E-state index is -1.13. The molecule has 0 aliphatic carbocycles. The molecule has 2 unspecified atom stereocenters. The van der Waals surface area contributed by atoms with Crippen molar-refractivity contribution in [2.24, 2.45) is 5.73 Å². The van der Waals surface area contributed by atoms with Gasteiger partial charge in [0.05, 0.1) is 10.8 Å². The lowest BCUT2D eigenvalue weighted by molar-refractivity contribution is 0.675. The predicted octanol–water partition coefficient (Wildman–Crippen LogP) is 3.15. The van der Waals surface area contributed by atoms with Crippen LogP contribution in [0.2, 0.25) is 5.02 Å². The monoisotopic (exact) mass is 279 g/mol. The quantitative estimate of drug-likeness (QED) is 0.934. The van der Waals surface area contributed by atoms with Crippen LogP contribution in [0.4, 0.5) is 0 Å². The van der Waals surface area contributed by atoms with Gasteiger partial charge in [0, 0.05) is 21.7 Å². The first-order valence-corrected chi connectivity index (χ1v) is 7.31. The Labute approximate surface area is 114 Å². The summed E-state index contributed by atoms with van der Waals surface area (Å²) in [5.41, 5.74) is 7.04. The first kappa shape index (κ1) is 13.3.